The maximum absolute atomic E-state index is 12.8. The molecule has 1 unspecified atom stereocenters. The second-order valence-corrected chi connectivity index (χ2v) is 6.68. The quantitative estimate of drug-likeness (QED) is 0.738. The van der Waals surface area contributed by atoms with E-state index in [4.69, 9.17) is 9.47 Å². The maximum Gasteiger partial charge on any atom is 0.336 e. The first kappa shape index (κ1) is 19.7. The number of dihydropyridines is 1. The summed E-state index contributed by atoms with van der Waals surface area (Å²) in [7, 11) is 0. The SMILES string of the molecule is CCOC(=O)C1=C(C)NC2=C(C(=O)CCC2)C1c1ccccc1OCC(=O)[O-]. The molecule has 0 radical (unpaired) electrons. The van der Waals surface area contributed by atoms with E-state index in [1.165, 1.54) is 0 Å². The summed E-state index contributed by atoms with van der Waals surface area (Å²) in [5.74, 6) is -2.30. The molecule has 1 aromatic carbocycles. The van der Waals surface area contributed by atoms with Gasteiger partial charge in [-0.2, -0.15) is 0 Å². The molecule has 1 aromatic rings. The number of nitrogens with one attached hydrogen (secondary N) is 1. The molecule has 0 aromatic heterocycles. The fourth-order valence-corrected chi connectivity index (χ4v) is 3.76. The molecule has 0 saturated heterocycles. The zero-order chi connectivity index (χ0) is 20.3. The van der Waals surface area contributed by atoms with E-state index in [0.29, 0.717) is 41.0 Å². The third kappa shape index (κ3) is 3.78. The normalized spacial score (nSPS) is 19.1. The first-order valence-electron chi connectivity index (χ1n) is 9.26. The molecule has 1 aliphatic heterocycles. The van der Waals surface area contributed by atoms with Gasteiger partial charge in [0.05, 0.1) is 24.1 Å². The summed E-state index contributed by atoms with van der Waals surface area (Å²) in [5.41, 5.74) is 2.81. The summed E-state index contributed by atoms with van der Waals surface area (Å²) in [4.78, 5) is 36.4. The highest BCUT2D eigenvalue weighted by atomic mass is 16.5. The Morgan fingerprint density at radius 1 is 1.25 bits per heavy atom. The van der Waals surface area contributed by atoms with Gasteiger partial charge in [0.15, 0.2) is 5.78 Å². The van der Waals surface area contributed by atoms with Crippen molar-refractivity contribution in [3.05, 3.63) is 52.4 Å². The minimum atomic E-state index is -1.36. The van der Waals surface area contributed by atoms with Gasteiger partial charge in [0.2, 0.25) is 0 Å². The Kier molecular flexibility index (Phi) is 5.82. The Morgan fingerprint density at radius 2 is 2.00 bits per heavy atom. The number of allylic oxidation sites excluding steroid dienone is 3. The van der Waals surface area contributed by atoms with Crippen molar-refractivity contribution in [3.63, 3.8) is 0 Å². The Bertz CT molecular complexity index is 883. The number of para-hydroxylation sites is 1. The molecule has 1 N–H and O–H groups in total. The number of hydrogen-bond acceptors (Lipinski definition) is 7. The summed E-state index contributed by atoms with van der Waals surface area (Å²) in [5, 5.41) is 14.1. The number of carboxylic acids is 1. The van der Waals surface area contributed by atoms with Crippen LogP contribution >= 0.6 is 0 Å². The Labute approximate surface area is 163 Å². The van der Waals surface area contributed by atoms with Gasteiger partial charge in [0, 0.05) is 29.0 Å². The maximum atomic E-state index is 12.8. The van der Waals surface area contributed by atoms with Crippen LogP contribution in [0.25, 0.3) is 0 Å². The fraction of sp³-hybridized carbons (Fsp3) is 0.381. The number of benzene rings is 1. The van der Waals surface area contributed by atoms with Gasteiger partial charge in [-0.25, -0.2) is 4.79 Å². The highest BCUT2D eigenvalue weighted by Crippen LogP contribution is 2.45. The Hall–Kier alpha value is -3.09. The highest BCUT2D eigenvalue weighted by molar-refractivity contribution is 6.04. The first-order chi connectivity index (χ1) is 13.4. The Balaban J connectivity index is 2.15. The van der Waals surface area contributed by atoms with Crippen LogP contribution in [0.2, 0.25) is 0 Å². The lowest BCUT2D eigenvalue weighted by atomic mass is 9.75. The smallest absolute Gasteiger partial charge is 0.336 e. The number of rotatable bonds is 6. The lowest BCUT2D eigenvalue weighted by Crippen LogP contribution is -2.35. The van der Waals surface area contributed by atoms with Crippen molar-refractivity contribution in [2.75, 3.05) is 13.2 Å². The molecule has 0 bridgehead atoms. The summed E-state index contributed by atoms with van der Waals surface area (Å²) >= 11 is 0. The third-order valence-corrected chi connectivity index (χ3v) is 4.85. The van der Waals surface area contributed by atoms with Crippen molar-refractivity contribution in [2.24, 2.45) is 0 Å². The van der Waals surface area contributed by atoms with Crippen molar-refractivity contribution in [1.29, 1.82) is 0 Å². The van der Waals surface area contributed by atoms with Crippen LogP contribution in [-0.2, 0) is 19.1 Å². The van der Waals surface area contributed by atoms with Crippen LogP contribution in [0.3, 0.4) is 0 Å². The van der Waals surface area contributed by atoms with E-state index in [1.54, 1.807) is 38.1 Å². The summed E-state index contributed by atoms with van der Waals surface area (Å²) < 4.78 is 10.6. The number of ether oxygens (including phenoxy) is 2. The van der Waals surface area contributed by atoms with E-state index in [9.17, 15) is 19.5 Å². The molecule has 0 amide bonds. The number of hydrogen-bond donors (Lipinski definition) is 1. The molecule has 0 spiro atoms. The summed E-state index contributed by atoms with van der Waals surface area (Å²) in [6.07, 6.45) is 1.84. The van der Waals surface area contributed by atoms with Gasteiger partial charge in [-0.1, -0.05) is 18.2 Å². The van der Waals surface area contributed by atoms with Gasteiger partial charge in [0.25, 0.3) is 0 Å². The van der Waals surface area contributed by atoms with Crippen LogP contribution in [0.15, 0.2) is 46.8 Å². The van der Waals surface area contributed by atoms with Crippen LogP contribution in [0, 0.1) is 0 Å². The number of carboxylic acid groups (broad SMARTS) is 1. The van der Waals surface area contributed by atoms with E-state index in [0.717, 1.165) is 12.1 Å². The van der Waals surface area contributed by atoms with E-state index in [1.807, 2.05) is 0 Å². The fourth-order valence-electron chi connectivity index (χ4n) is 3.76. The second kappa shape index (κ2) is 8.29. The van der Waals surface area contributed by atoms with Gasteiger partial charge in [-0.15, -0.1) is 0 Å². The van der Waals surface area contributed by atoms with Gasteiger partial charge in [-0.3, -0.25) is 4.79 Å². The van der Waals surface area contributed by atoms with E-state index < -0.39 is 24.5 Å². The van der Waals surface area contributed by atoms with Crippen molar-refractivity contribution < 1.29 is 29.0 Å². The first-order valence-corrected chi connectivity index (χ1v) is 9.26. The van der Waals surface area contributed by atoms with Crippen molar-refractivity contribution in [1.82, 2.24) is 5.32 Å². The second-order valence-electron chi connectivity index (χ2n) is 6.68. The molecule has 1 heterocycles. The molecule has 2 aliphatic rings. The lowest BCUT2D eigenvalue weighted by molar-refractivity contribution is -0.307. The molecule has 148 valence electrons. The molecule has 3 rings (SSSR count). The predicted molar refractivity (Wildman–Crippen MR) is 98.0 cm³/mol. The molecule has 1 aliphatic carbocycles. The van der Waals surface area contributed by atoms with Crippen molar-refractivity contribution in [2.45, 2.75) is 39.0 Å². The van der Waals surface area contributed by atoms with Crippen LogP contribution in [0.1, 0.15) is 44.6 Å². The molecule has 7 heteroatoms. The van der Waals surface area contributed by atoms with Crippen molar-refractivity contribution in [3.8, 4) is 5.75 Å². The zero-order valence-electron chi connectivity index (χ0n) is 15.9. The number of ketones is 1. The summed E-state index contributed by atoms with van der Waals surface area (Å²) in [6.45, 7) is 3.06. The summed E-state index contributed by atoms with van der Waals surface area (Å²) in [6, 6.07) is 6.81. The van der Waals surface area contributed by atoms with Crippen molar-refractivity contribution >= 4 is 17.7 Å². The molecular formula is C21H22NO6-. The molecular weight excluding hydrogens is 362 g/mol. The molecule has 7 nitrogen and oxygen atoms in total. The van der Waals surface area contributed by atoms with Gasteiger partial charge in [-0.05, 0) is 32.8 Å². The monoisotopic (exact) mass is 384 g/mol. The minimum Gasteiger partial charge on any atom is -0.546 e. The van der Waals surface area contributed by atoms with Gasteiger partial charge in [0.1, 0.15) is 12.4 Å². The third-order valence-electron chi connectivity index (χ3n) is 4.85. The lowest BCUT2D eigenvalue weighted by Gasteiger charge is -2.34. The van der Waals surface area contributed by atoms with E-state index in [2.05, 4.69) is 5.32 Å². The standard InChI is InChI=1S/C21H23NO6/c1-3-27-21(26)18-12(2)22-14-8-6-9-15(23)20(14)19(18)13-7-4-5-10-16(13)28-11-17(24)25/h4-5,7,10,19,22H,3,6,8-9,11H2,1-2H3,(H,24,25)/p-1. The number of carbonyl (C=O) groups is 3. The van der Waals surface area contributed by atoms with E-state index >= 15 is 0 Å². The molecule has 0 fully saturated rings. The Morgan fingerprint density at radius 3 is 2.71 bits per heavy atom. The highest BCUT2D eigenvalue weighted by Gasteiger charge is 2.40. The van der Waals surface area contributed by atoms with Crippen LogP contribution in [-0.4, -0.2) is 30.9 Å². The molecule has 0 saturated carbocycles. The average Bonchev–Trinajstić information content (AvgIpc) is 2.66. The largest absolute Gasteiger partial charge is 0.546 e. The topological polar surface area (TPSA) is 105 Å². The zero-order valence-corrected chi connectivity index (χ0v) is 15.9. The number of aliphatic carboxylic acids is 1. The number of Topliss-reactive ketones (excluding diaryl/α,β-unsaturated/α-hetero) is 1. The average molecular weight is 384 g/mol. The predicted octanol–water partition coefficient (Wildman–Crippen LogP) is 1.35. The van der Waals surface area contributed by atoms with Crippen LogP contribution in [0.4, 0.5) is 0 Å². The molecule has 1 atom stereocenters. The number of esters is 1. The van der Waals surface area contributed by atoms with Crippen LogP contribution < -0.4 is 15.2 Å². The van der Waals surface area contributed by atoms with E-state index in [-0.39, 0.29) is 12.4 Å². The van der Waals surface area contributed by atoms with Crippen LogP contribution in [0.5, 0.6) is 5.75 Å². The number of carbonyl (C=O) groups excluding carboxylic acids is 3. The molecule has 28 heavy (non-hydrogen) atoms. The van der Waals surface area contributed by atoms with Gasteiger partial charge < -0.3 is 24.7 Å². The minimum absolute atomic E-state index is 0.0391. The van der Waals surface area contributed by atoms with Gasteiger partial charge >= 0.3 is 5.97 Å².